The van der Waals surface area contributed by atoms with Crippen LogP contribution in [0.25, 0.3) is 0 Å². The van der Waals surface area contributed by atoms with Gasteiger partial charge in [-0.05, 0) is 6.42 Å². The molecule has 2 bridgehead atoms. The highest BCUT2D eigenvalue weighted by atomic mass is 16.4. The van der Waals surface area contributed by atoms with Crippen molar-refractivity contribution in [3.63, 3.8) is 0 Å². The molecule has 5 N–H and O–H groups in total. The van der Waals surface area contributed by atoms with Gasteiger partial charge in [0, 0.05) is 6.04 Å². The van der Waals surface area contributed by atoms with E-state index in [2.05, 4.69) is 5.32 Å². The highest BCUT2D eigenvalue weighted by Gasteiger charge is 2.50. The third kappa shape index (κ3) is 0.982. The molecule has 0 aromatic carbocycles. The molecular formula is C7H13NO4. The van der Waals surface area contributed by atoms with Crippen molar-refractivity contribution in [2.45, 2.75) is 42.9 Å². The summed E-state index contributed by atoms with van der Waals surface area (Å²) in [5.41, 5.74) is 0. The average Bonchev–Trinajstić information content (AvgIpc) is 2.28. The number of fused-ring (bicyclic) bond motifs is 2. The second-order valence-electron chi connectivity index (χ2n) is 3.57. The Morgan fingerprint density at radius 1 is 0.917 bits per heavy atom. The summed E-state index contributed by atoms with van der Waals surface area (Å²) in [6.07, 6.45) is -3.37. The van der Waals surface area contributed by atoms with Crippen LogP contribution in [0.5, 0.6) is 0 Å². The van der Waals surface area contributed by atoms with Gasteiger partial charge in [-0.1, -0.05) is 0 Å². The number of hydrogen-bond donors (Lipinski definition) is 5. The van der Waals surface area contributed by atoms with Crippen molar-refractivity contribution in [3.05, 3.63) is 0 Å². The van der Waals surface area contributed by atoms with Gasteiger partial charge in [-0.2, -0.15) is 0 Å². The quantitative estimate of drug-likeness (QED) is 0.274. The third-order valence-electron chi connectivity index (χ3n) is 2.79. The minimum Gasteiger partial charge on any atom is -0.390 e. The van der Waals surface area contributed by atoms with Crippen LogP contribution in [0.2, 0.25) is 0 Å². The first-order chi connectivity index (χ1) is 5.61. The first-order valence-corrected chi connectivity index (χ1v) is 4.09. The Balaban J connectivity index is 2.19. The molecule has 12 heavy (non-hydrogen) atoms. The van der Waals surface area contributed by atoms with Gasteiger partial charge in [0.25, 0.3) is 0 Å². The molecule has 6 atom stereocenters. The van der Waals surface area contributed by atoms with E-state index in [0.29, 0.717) is 0 Å². The number of aliphatic hydroxyl groups excluding tert-OH is 4. The van der Waals surface area contributed by atoms with Crippen LogP contribution in [-0.4, -0.2) is 56.9 Å². The van der Waals surface area contributed by atoms with E-state index in [4.69, 9.17) is 0 Å². The fourth-order valence-corrected chi connectivity index (χ4v) is 2.04. The Morgan fingerprint density at radius 2 is 1.58 bits per heavy atom. The Morgan fingerprint density at radius 3 is 2.25 bits per heavy atom. The van der Waals surface area contributed by atoms with Gasteiger partial charge in [0.1, 0.15) is 0 Å². The molecule has 2 fully saturated rings. The molecule has 0 aromatic rings. The van der Waals surface area contributed by atoms with Crippen LogP contribution < -0.4 is 5.32 Å². The summed E-state index contributed by atoms with van der Waals surface area (Å²) in [5, 5.41) is 40.3. The molecule has 2 aliphatic rings. The second-order valence-corrected chi connectivity index (χ2v) is 3.57. The Kier molecular flexibility index (Phi) is 1.85. The summed E-state index contributed by atoms with van der Waals surface area (Å²) in [6, 6.07) is -0.878. The predicted molar refractivity (Wildman–Crippen MR) is 39.4 cm³/mol. The predicted octanol–water partition coefficient (Wildman–Crippen LogP) is -2.83. The second kappa shape index (κ2) is 2.65. The summed E-state index contributed by atoms with van der Waals surface area (Å²) in [4.78, 5) is 0. The van der Waals surface area contributed by atoms with Crippen molar-refractivity contribution in [1.29, 1.82) is 0 Å². The normalized spacial score (nSPS) is 59.0. The lowest BCUT2D eigenvalue weighted by atomic mass is 9.99. The van der Waals surface area contributed by atoms with E-state index in [-0.39, 0.29) is 12.5 Å². The number of piperidine rings is 1. The fourth-order valence-electron chi connectivity index (χ4n) is 2.04. The molecule has 0 radical (unpaired) electrons. The van der Waals surface area contributed by atoms with Crippen molar-refractivity contribution in [3.8, 4) is 0 Å². The molecular weight excluding hydrogens is 162 g/mol. The standard InChI is InChI=1S/C7H13NO4/c9-3-1-2-5(10)7(12)4(8-2)6(3)11/h2-12H,1H2/t2-,3-,4+,5-,6-,7+/m1/s1. The van der Waals surface area contributed by atoms with Gasteiger partial charge in [0.15, 0.2) is 0 Å². The maximum atomic E-state index is 9.37. The smallest absolute Gasteiger partial charge is 0.0993 e. The van der Waals surface area contributed by atoms with Crippen LogP contribution in [0.1, 0.15) is 6.42 Å². The maximum absolute atomic E-state index is 9.37. The summed E-state index contributed by atoms with van der Waals surface area (Å²) < 4.78 is 0. The van der Waals surface area contributed by atoms with E-state index in [9.17, 15) is 20.4 Å². The van der Waals surface area contributed by atoms with Crippen LogP contribution in [0, 0.1) is 0 Å². The van der Waals surface area contributed by atoms with Crippen LogP contribution in [0.3, 0.4) is 0 Å². The first-order valence-electron chi connectivity index (χ1n) is 4.09. The van der Waals surface area contributed by atoms with Gasteiger partial charge in [-0.15, -0.1) is 0 Å². The van der Waals surface area contributed by atoms with Crippen molar-refractivity contribution < 1.29 is 20.4 Å². The zero-order chi connectivity index (χ0) is 8.88. The summed E-state index contributed by atoms with van der Waals surface area (Å²) >= 11 is 0. The molecule has 2 aliphatic heterocycles. The van der Waals surface area contributed by atoms with Gasteiger partial charge < -0.3 is 25.7 Å². The minimum atomic E-state index is -0.978. The molecule has 0 aliphatic carbocycles. The Bertz CT molecular complexity index is 180. The molecule has 2 heterocycles. The number of rotatable bonds is 0. The third-order valence-corrected chi connectivity index (χ3v) is 2.79. The molecule has 0 amide bonds. The van der Waals surface area contributed by atoms with E-state index in [1.165, 1.54) is 0 Å². The van der Waals surface area contributed by atoms with Gasteiger partial charge >= 0.3 is 0 Å². The average molecular weight is 175 g/mol. The maximum Gasteiger partial charge on any atom is 0.0993 e. The summed E-state index contributed by atoms with van der Waals surface area (Å²) in [5.74, 6) is 0. The van der Waals surface area contributed by atoms with Crippen LogP contribution in [0.4, 0.5) is 0 Å². The van der Waals surface area contributed by atoms with Crippen molar-refractivity contribution in [1.82, 2.24) is 5.32 Å². The molecule has 70 valence electrons. The first kappa shape index (κ1) is 8.40. The summed E-state index contributed by atoms with van der Waals surface area (Å²) in [7, 11) is 0. The van der Waals surface area contributed by atoms with E-state index in [1.807, 2.05) is 0 Å². The Labute approximate surface area is 69.6 Å². The minimum absolute atomic E-state index is 0.288. The Hall–Kier alpha value is -0.200. The number of aliphatic hydroxyl groups is 4. The highest BCUT2D eigenvalue weighted by molar-refractivity contribution is 5.07. The van der Waals surface area contributed by atoms with Crippen molar-refractivity contribution in [2.24, 2.45) is 0 Å². The van der Waals surface area contributed by atoms with Gasteiger partial charge in [-0.3, -0.25) is 0 Å². The molecule has 0 spiro atoms. The molecule has 0 unspecified atom stereocenters. The van der Waals surface area contributed by atoms with E-state index >= 15 is 0 Å². The lowest BCUT2D eigenvalue weighted by molar-refractivity contribution is -0.0417. The van der Waals surface area contributed by atoms with Crippen LogP contribution in [-0.2, 0) is 0 Å². The molecule has 2 saturated heterocycles. The molecule has 5 heteroatoms. The van der Waals surface area contributed by atoms with Crippen LogP contribution >= 0.6 is 0 Å². The molecule has 0 aromatic heterocycles. The number of nitrogens with one attached hydrogen (secondary N) is 1. The number of hydrogen-bond acceptors (Lipinski definition) is 5. The molecule has 2 rings (SSSR count). The van der Waals surface area contributed by atoms with E-state index in [0.717, 1.165) is 0 Å². The van der Waals surface area contributed by atoms with Crippen molar-refractivity contribution >= 4 is 0 Å². The molecule has 0 saturated carbocycles. The van der Waals surface area contributed by atoms with E-state index < -0.39 is 30.5 Å². The zero-order valence-corrected chi connectivity index (χ0v) is 6.46. The van der Waals surface area contributed by atoms with Crippen LogP contribution in [0.15, 0.2) is 0 Å². The van der Waals surface area contributed by atoms with Gasteiger partial charge in [-0.25, -0.2) is 0 Å². The summed E-state index contributed by atoms with van der Waals surface area (Å²) in [6.45, 7) is 0. The topological polar surface area (TPSA) is 93.0 Å². The fraction of sp³-hybridized carbons (Fsp3) is 1.00. The monoisotopic (exact) mass is 175 g/mol. The highest BCUT2D eigenvalue weighted by Crippen LogP contribution is 2.27. The molecule has 5 nitrogen and oxygen atoms in total. The lowest BCUT2D eigenvalue weighted by Gasteiger charge is -2.30. The van der Waals surface area contributed by atoms with Gasteiger partial charge in [0.2, 0.25) is 0 Å². The van der Waals surface area contributed by atoms with E-state index in [1.54, 1.807) is 0 Å². The zero-order valence-electron chi connectivity index (χ0n) is 6.46. The van der Waals surface area contributed by atoms with Crippen molar-refractivity contribution in [2.75, 3.05) is 0 Å². The SMILES string of the molecule is O[C@@H]1[C@H](O)[C@H]2C[C@@H](O)[C@@H](O)[C@@H]1N2. The van der Waals surface area contributed by atoms with Gasteiger partial charge in [0.05, 0.1) is 30.5 Å². The lowest BCUT2D eigenvalue weighted by Crippen LogP contribution is -2.54. The largest absolute Gasteiger partial charge is 0.390 e.